The van der Waals surface area contributed by atoms with Crippen molar-refractivity contribution in [1.82, 2.24) is 36.1 Å². The van der Waals surface area contributed by atoms with Crippen LogP contribution in [0.1, 0.15) is 71.1 Å². The number of carbonyl (C=O) groups excluding carboxylic acids is 6. The summed E-state index contributed by atoms with van der Waals surface area (Å²) >= 11 is 0. The number of likely N-dealkylation sites (tertiary alicyclic amines) is 1. The number of carbonyl (C=O) groups is 6. The highest BCUT2D eigenvalue weighted by Gasteiger charge is 2.41. The van der Waals surface area contributed by atoms with Crippen LogP contribution in [0.4, 0.5) is 0 Å². The average molecular weight is 895 g/mol. The minimum absolute atomic E-state index is 0.0113. The molecule has 0 saturated carbocycles. The second-order valence-electron chi connectivity index (χ2n) is 15.5. The number of aromatic nitrogens is 2. The number of rotatable bonds is 28. The summed E-state index contributed by atoms with van der Waals surface area (Å²) in [5.74, 6) is -4.65. The van der Waals surface area contributed by atoms with Crippen LogP contribution in [-0.2, 0) is 64.9 Å². The number of phosphoric acid groups is 1. The van der Waals surface area contributed by atoms with Crippen molar-refractivity contribution in [2.45, 2.75) is 115 Å². The number of nitrogens with two attached hydrogens (primary N) is 1. The van der Waals surface area contributed by atoms with E-state index in [1.165, 1.54) is 37.0 Å². The number of aryl methyl sites for hydroxylation is 1. The standard InChI is InChI=1S/C40H63N8O13P/c1-25(2)19-31(39(53)45-32(20-29-22-42-24-43-29)38(52)44-26(3)37(51)47-35(36(41)50)27(4)61-62(55,56)57)46-40(54)33-21-30(23-48(33)34(49)14-16-59-18-17-58-5)60-15-10-9-13-28-11-7-6-8-12-28/h6-8,11-12,22,24-27,30-33,35H,9-10,13-21,23H2,1-5H3,(H2,41,50)(H,42,43)(H,44,52)(H,45,53)(H,46,54)(H,47,51)(H2,55,56,57)/t26-,27+,30-,31-,32-,33-,35-/m0/s1. The monoisotopic (exact) mass is 894 g/mol. The summed E-state index contributed by atoms with van der Waals surface area (Å²) in [7, 11) is -3.52. The Bertz CT molecular complexity index is 1780. The third-order valence-electron chi connectivity index (χ3n) is 9.92. The molecule has 1 aromatic heterocycles. The summed E-state index contributed by atoms with van der Waals surface area (Å²) in [5.41, 5.74) is 7.01. The van der Waals surface area contributed by atoms with Gasteiger partial charge in [-0.15, -0.1) is 0 Å². The second kappa shape index (κ2) is 26.0. The fourth-order valence-corrected chi connectivity index (χ4v) is 7.29. The molecule has 2 aromatic rings. The Morgan fingerprint density at radius 1 is 0.919 bits per heavy atom. The lowest BCUT2D eigenvalue weighted by Crippen LogP contribution is -2.59. The van der Waals surface area contributed by atoms with Gasteiger partial charge in [0, 0.05) is 45.0 Å². The van der Waals surface area contributed by atoms with E-state index in [1.807, 2.05) is 32.0 Å². The Balaban J connectivity index is 1.73. The average Bonchev–Trinajstić information content (AvgIpc) is 3.89. The maximum Gasteiger partial charge on any atom is 0.469 e. The number of unbranched alkanes of at least 4 members (excludes halogenated alkanes) is 1. The lowest BCUT2D eigenvalue weighted by molar-refractivity contribution is -0.140. The molecule has 3 rings (SSSR count). The third-order valence-corrected chi connectivity index (χ3v) is 10.5. The van der Waals surface area contributed by atoms with Crippen LogP contribution >= 0.6 is 7.82 Å². The Morgan fingerprint density at radius 3 is 2.26 bits per heavy atom. The summed E-state index contributed by atoms with van der Waals surface area (Å²) in [6.45, 7) is 7.47. The molecule has 6 amide bonds. The van der Waals surface area contributed by atoms with Crippen molar-refractivity contribution < 1.29 is 61.9 Å². The molecule has 0 bridgehead atoms. The van der Waals surface area contributed by atoms with E-state index in [0.29, 0.717) is 25.5 Å². The third kappa shape index (κ3) is 18.3. The van der Waals surface area contributed by atoms with E-state index < -0.39 is 79.8 Å². The highest BCUT2D eigenvalue weighted by atomic mass is 31.2. The first-order valence-electron chi connectivity index (χ1n) is 20.6. The van der Waals surface area contributed by atoms with E-state index >= 15 is 0 Å². The molecule has 1 fully saturated rings. The molecular formula is C40H63N8O13P. The minimum Gasteiger partial charge on any atom is -0.382 e. The van der Waals surface area contributed by atoms with Crippen LogP contribution in [0.25, 0.3) is 0 Å². The number of methoxy groups -OCH3 is 1. The Hall–Kier alpha value is -4.76. The summed E-state index contributed by atoms with van der Waals surface area (Å²) in [6, 6.07) is 3.62. The molecule has 22 heteroatoms. The molecular weight excluding hydrogens is 831 g/mol. The van der Waals surface area contributed by atoms with E-state index in [9.17, 15) is 33.3 Å². The largest absolute Gasteiger partial charge is 0.469 e. The number of amides is 6. The maximum atomic E-state index is 14.1. The number of imidazole rings is 1. The minimum atomic E-state index is -5.06. The van der Waals surface area contributed by atoms with Gasteiger partial charge in [-0.1, -0.05) is 44.2 Å². The molecule has 346 valence electrons. The molecule has 1 aromatic carbocycles. The van der Waals surface area contributed by atoms with Crippen LogP contribution in [-0.4, -0.2) is 143 Å². The van der Waals surface area contributed by atoms with Gasteiger partial charge < -0.3 is 60.9 Å². The van der Waals surface area contributed by atoms with Crippen molar-refractivity contribution in [3.63, 3.8) is 0 Å². The van der Waals surface area contributed by atoms with Gasteiger partial charge in [0.2, 0.25) is 35.4 Å². The van der Waals surface area contributed by atoms with E-state index in [1.54, 1.807) is 0 Å². The zero-order valence-electron chi connectivity index (χ0n) is 35.9. The molecule has 0 unspecified atom stereocenters. The number of benzene rings is 1. The van der Waals surface area contributed by atoms with E-state index in [0.717, 1.165) is 26.2 Å². The fraction of sp³-hybridized carbons (Fsp3) is 0.625. The number of phosphoric ester groups is 1. The molecule has 1 saturated heterocycles. The lowest BCUT2D eigenvalue weighted by atomic mass is 10.0. The molecule has 9 N–H and O–H groups in total. The van der Waals surface area contributed by atoms with Gasteiger partial charge in [0.05, 0.1) is 44.8 Å². The van der Waals surface area contributed by atoms with Gasteiger partial charge in [-0.3, -0.25) is 33.3 Å². The van der Waals surface area contributed by atoms with Gasteiger partial charge in [-0.05, 0) is 51.0 Å². The van der Waals surface area contributed by atoms with Crippen LogP contribution in [0, 0.1) is 5.92 Å². The number of hydrogen-bond donors (Lipinski definition) is 8. The van der Waals surface area contributed by atoms with Crippen molar-refractivity contribution in [2.75, 3.05) is 40.1 Å². The number of ether oxygens (including phenoxy) is 3. The van der Waals surface area contributed by atoms with Crippen molar-refractivity contribution >= 4 is 43.3 Å². The van der Waals surface area contributed by atoms with Gasteiger partial charge in [0.15, 0.2) is 0 Å². The molecule has 0 spiro atoms. The molecule has 1 aliphatic rings. The normalized spacial score (nSPS) is 17.7. The van der Waals surface area contributed by atoms with Crippen LogP contribution in [0.15, 0.2) is 42.9 Å². The van der Waals surface area contributed by atoms with Gasteiger partial charge in [-0.2, -0.15) is 0 Å². The Kier molecular flexibility index (Phi) is 21.6. The molecule has 0 aliphatic carbocycles. The highest BCUT2D eigenvalue weighted by Crippen LogP contribution is 2.38. The zero-order valence-corrected chi connectivity index (χ0v) is 36.8. The van der Waals surface area contributed by atoms with E-state index in [-0.39, 0.29) is 50.7 Å². The van der Waals surface area contributed by atoms with Crippen molar-refractivity contribution in [1.29, 1.82) is 0 Å². The molecule has 0 radical (unpaired) electrons. The van der Waals surface area contributed by atoms with Crippen LogP contribution in [0.2, 0.25) is 0 Å². The SMILES string of the molecule is COCCOCCC(=O)N1C[C@@H](OCCCCc2ccccc2)C[C@H]1C(=O)N[C@@H](CC(C)C)C(=O)N[C@@H](Cc1cnc[nH]1)C(=O)N[C@@H](C)C(=O)N[C@H](C(N)=O)[C@@H](C)OP(=O)(O)O. The van der Waals surface area contributed by atoms with Crippen LogP contribution in [0.5, 0.6) is 0 Å². The van der Waals surface area contributed by atoms with Gasteiger partial charge in [0.25, 0.3) is 0 Å². The quantitative estimate of drug-likeness (QED) is 0.0412. The fourth-order valence-electron chi connectivity index (χ4n) is 6.74. The number of H-pyrrole nitrogens is 1. The van der Waals surface area contributed by atoms with Crippen molar-refractivity contribution in [3.8, 4) is 0 Å². The van der Waals surface area contributed by atoms with Crippen molar-refractivity contribution in [3.05, 3.63) is 54.1 Å². The number of aromatic amines is 1. The van der Waals surface area contributed by atoms with Gasteiger partial charge in [-0.25, -0.2) is 9.55 Å². The Labute approximate surface area is 361 Å². The summed E-state index contributed by atoms with van der Waals surface area (Å²) < 4.78 is 32.5. The summed E-state index contributed by atoms with van der Waals surface area (Å²) in [4.78, 5) is 107. The number of hydrogen-bond acceptors (Lipinski definition) is 12. The number of primary amides is 1. The summed E-state index contributed by atoms with van der Waals surface area (Å²) in [5, 5.41) is 10.2. The van der Waals surface area contributed by atoms with E-state index in [2.05, 4.69) is 47.9 Å². The number of nitrogens with zero attached hydrogens (tertiary/aromatic N) is 2. The van der Waals surface area contributed by atoms with Gasteiger partial charge >= 0.3 is 7.82 Å². The molecule has 21 nitrogen and oxygen atoms in total. The summed E-state index contributed by atoms with van der Waals surface area (Å²) in [6.07, 6.45) is 3.65. The first-order chi connectivity index (χ1) is 29.4. The Morgan fingerprint density at radius 2 is 1.63 bits per heavy atom. The molecule has 7 atom stereocenters. The van der Waals surface area contributed by atoms with Gasteiger partial charge in [0.1, 0.15) is 30.2 Å². The molecule has 62 heavy (non-hydrogen) atoms. The second-order valence-corrected chi connectivity index (χ2v) is 16.7. The van der Waals surface area contributed by atoms with Crippen molar-refractivity contribution in [2.24, 2.45) is 11.7 Å². The predicted molar refractivity (Wildman–Crippen MR) is 223 cm³/mol. The topological polar surface area (TPSA) is 303 Å². The van der Waals surface area contributed by atoms with Crippen LogP contribution < -0.4 is 27.0 Å². The highest BCUT2D eigenvalue weighted by molar-refractivity contribution is 7.46. The lowest BCUT2D eigenvalue weighted by Gasteiger charge is -2.28. The zero-order chi connectivity index (χ0) is 45.8. The van der Waals surface area contributed by atoms with Crippen LogP contribution in [0.3, 0.4) is 0 Å². The number of nitrogens with one attached hydrogen (secondary N) is 5. The van der Waals surface area contributed by atoms with E-state index in [4.69, 9.17) is 29.7 Å². The molecule has 1 aliphatic heterocycles. The smallest absolute Gasteiger partial charge is 0.382 e. The molecule has 2 heterocycles. The first-order valence-corrected chi connectivity index (χ1v) is 22.1. The first kappa shape index (κ1) is 51.6. The predicted octanol–water partition coefficient (Wildman–Crippen LogP) is 0.00260. The maximum absolute atomic E-state index is 14.1.